The molecular formula is C26H35NO4S. The highest BCUT2D eigenvalue weighted by Gasteiger charge is 2.34. The molecule has 32 heavy (non-hydrogen) atoms. The average Bonchev–Trinajstić information content (AvgIpc) is 3.09. The van der Waals surface area contributed by atoms with Crippen LogP contribution >= 0.6 is 11.3 Å². The topological polar surface area (TPSA) is 64.6 Å². The molecule has 2 aromatic rings. The number of benzene rings is 1. The summed E-state index contributed by atoms with van der Waals surface area (Å²) < 4.78 is 10.8. The Labute approximate surface area is 195 Å². The Kier molecular flexibility index (Phi) is 7.65. The Bertz CT molecular complexity index is 953. The molecule has 0 bridgehead atoms. The molecule has 174 valence electrons. The number of fused-ring (bicyclic) bond motifs is 1. The molecule has 0 saturated heterocycles. The summed E-state index contributed by atoms with van der Waals surface area (Å²) in [6.45, 7) is 11.8. The summed E-state index contributed by atoms with van der Waals surface area (Å²) in [5.74, 6) is 1.25. The van der Waals surface area contributed by atoms with Crippen molar-refractivity contribution in [2.45, 2.75) is 60.3 Å². The number of esters is 1. The second kappa shape index (κ2) is 10.1. The van der Waals surface area contributed by atoms with Crippen LogP contribution in [0.25, 0.3) is 0 Å². The molecule has 1 N–H and O–H groups in total. The lowest BCUT2D eigenvalue weighted by atomic mass is 9.72. The number of hydrogen-bond acceptors (Lipinski definition) is 5. The molecule has 1 aliphatic rings. The van der Waals surface area contributed by atoms with Crippen molar-refractivity contribution in [3.8, 4) is 5.75 Å². The number of carbonyl (C=O) groups excluding carboxylic acids is 2. The van der Waals surface area contributed by atoms with Gasteiger partial charge in [-0.3, -0.25) is 4.79 Å². The first kappa shape index (κ1) is 24.3. The van der Waals surface area contributed by atoms with Crippen LogP contribution in [0.1, 0.15) is 78.6 Å². The number of ether oxygens (including phenoxy) is 2. The largest absolute Gasteiger partial charge is 0.494 e. The number of carbonyl (C=O) groups is 2. The van der Waals surface area contributed by atoms with Crippen LogP contribution in [0, 0.1) is 17.3 Å². The lowest BCUT2D eigenvalue weighted by molar-refractivity contribution is 0.0600. The molecule has 1 aliphatic carbocycles. The van der Waals surface area contributed by atoms with Gasteiger partial charge < -0.3 is 14.8 Å². The molecule has 1 amide bonds. The highest BCUT2D eigenvalue weighted by molar-refractivity contribution is 7.17. The molecule has 1 heterocycles. The van der Waals surface area contributed by atoms with Crippen molar-refractivity contribution in [2.24, 2.45) is 17.3 Å². The van der Waals surface area contributed by atoms with Crippen molar-refractivity contribution < 1.29 is 19.1 Å². The van der Waals surface area contributed by atoms with Gasteiger partial charge in [0.15, 0.2) is 0 Å². The fourth-order valence-corrected chi connectivity index (χ4v) is 5.33. The SMILES string of the molecule is COC(=O)c1c(NC(=O)c2ccc(OCCC(C)C)cc2)sc2c1CCC(C(C)(C)C)C2. The van der Waals surface area contributed by atoms with Crippen molar-refractivity contribution in [3.05, 3.63) is 45.8 Å². The minimum atomic E-state index is -0.388. The van der Waals surface area contributed by atoms with E-state index in [-0.39, 0.29) is 17.3 Å². The molecule has 1 aromatic heterocycles. The molecule has 0 saturated carbocycles. The van der Waals surface area contributed by atoms with Crippen LogP contribution in [0.2, 0.25) is 0 Å². The number of methoxy groups -OCH3 is 1. The first-order valence-electron chi connectivity index (χ1n) is 11.4. The van der Waals surface area contributed by atoms with Gasteiger partial charge >= 0.3 is 5.97 Å². The molecule has 5 nitrogen and oxygen atoms in total. The lowest BCUT2D eigenvalue weighted by Gasteiger charge is -2.33. The minimum absolute atomic E-state index is 0.204. The number of amides is 1. The molecule has 0 radical (unpaired) electrons. The number of rotatable bonds is 7. The predicted octanol–water partition coefficient (Wildman–Crippen LogP) is 6.36. The van der Waals surface area contributed by atoms with Crippen LogP contribution in [0.4, 0.5) is 5.00 Å². The molecule has 0 spiro atoms. The summed E-state index contributed by atoms with van der Waals surface area (Å²) in [5.41, 5.74) is 2.28. The first-order valence-corrected chi connectivity index (χ1v) is 12.2. The van der Waals surface area contributed by atoms with Gasteiger partial charge in [-0.05, 0) is 72.8 Å². The van der Waals surface area contributed by atoms with Crippen molar-refractivity contribution in [1.82, 2.24) is 0 Å². The van der Waals surface area contributed by atoms with E-state index in [0.29, 0.717) is 34.6 Å². The third kappa shape index (κ3) is 5.71. The smallest absolute Gasteiger partial charge is 0.341 e. The number of nitrogens with one attached hydrogen (secondary N) is 1. The second-order valence-electron chi connectivity index (χ2n) is 10.0. The van der Waals surface area contributed by atoms with Gasteiger partial charge in [0.1, 0.15) is 10.8 Å². The van der Waals surface area contributed by atoms with Crippen LogP contribution < -0.4 is 10.1 Å². The van der Waals surface area contributed by atoms with Crippen molar-refractivity contribution in [3.63, 3.8) is 0 Å². The van der Waals surface area contributed by atoms with E-state index < -0.39 is 0 Å². The van der Waals surface area contributed by atoms with Crippen molar-refractivity contribution in [1.29, 1.82) is 0 Å². The Hall–Kier alpha value is -2.34. The van der Waals surface area contributed by atoms with Gasteiger partial charge in [0.05, 0.1) is 19.3 Å². The average molecular weight is 458 g/mol. The maximum absolute atomic E-state index is 12.9. The molecule has 1 unspecified atom stereocenters. The third-order valence-electron chi connectivity index (χ3n) is 6.19. The summed E-state index contributed by atoms with van der Waals surface area (Å²) in [4.78, 5) is 26.7. The molecular weight excluding hydrogens is 422 g/mol. The van der Waals surface area contributed by atoms with Crippen molar-refractivity contribution in [2.75, 3.05) is 19.0 Å². The van der Waals surface area contributed by atoms with Gasteiger partial charge in [-0.2, -0.15) is 0 Å². The zero-order valence-electron chi connectivity index (χ0n) is 20.0. The van der Waals surface area contributed by atoms with Crippen LogP contribution in [0.5, 0.6) is 5.75 Å². The van der Waals surface area contributed by atoms with Gasteiger partial charge in [-0.1, -0.05) is 34.6 Å². The summed E-state index contributed by atoms with van der Waals surface area (Å²) in [6.07, 6.45) is 3.77. The predicted molar refractivity (Wildman–Crippen MR) is 130 cm³/mol. The molecule has 6 heteroatoms. The monoisotopic (exact) mass is 457 g/mol. The Balaban J connectivity index is 1.77. The maximum Gasteiger partial charge on any atom is 0.341 e. The number of anilines is 1. The molecule has 1 atom stereocenters. The highest BCUT2D eigenvalue weighted by atomic mass is 32.1. The van der Waals surface area contributed by atoms with E-state index in [9.17, 15) is 9.59 Å². The van der Waals surface area contributed by atoms with Crippen LogP contribution in [-0.2, 0) is 17.6 Å². The van der Waals surface area contributed by atoms with Crippen LogP contribution in [-0.4, -0.2) is 25.6 Å². The van der Waals surface area contributed by atoms with Crippen molar-refractivity contribution >= 4 is 28.2 Å². The van der Waals surface area contributed by atoms with E-state index in [2.05, 4.69) is 39.9 Å². The van der Waals surface area contributed by atoms with E-state index in [1.54, 1.807) is 12.1 Å². The van der Waals surface area contributed by atoms with Gasteiger partial charge in [0.2, 0.25) is 0 Å². The fraction of sp³-hybridized carbons (Fsp3) is 0.538. The van der Waals surface area contributed by atoms with E-state index in [1.807, 2.05) is 12.1 Å². The Morgan fingerprint density at radius 1 is 1.19 bits per heavy atom. The third-order valence-corrected chi connectivity index (χ3v) is 7.36. The van der Waals surface area contributed by atoms with Crippen LogP contribution in [0.15, 0.2) is 24.3 Å². The zero-order valence-corrected chi connectivity index (χ0v) is 20.9. The molecule has 1 aromatic carbocycles. The van der Waals surface area contributed by atoms with Gasteiger partial charge in [-0.15, -0.1) is 11.3 Å². The Morgan fingerprint density at radius 3 is 2.47 bits per heavy atom. The quantitative estimate of drug-likeness (QED) is 0.491. The molecule has 0 fully saturated rings. The summed E-state index contributed by atoms with van der Waals surface area (Å²) in [5, 5.41) is 3.55. The number of hydrogen-bond donors (Lipinski definition) is 1. The standard InChI is InChI=1S/C26H35NO4S/c1-16(2)13-14-31-19-10-7-17(8-11-19)23(28)27-24-22(25(29)30-6)20-12-9-18(26(3,4)5)15-21(20)32-24/h7-8,10-11,16,18H,9,12-15H2,1-6H3,(H,27,28). The van der Waals surface area contributed by atoms with E-state index in [4.69, 9.17) is 9.47 Å². The molecule has 0 aliphatic heterocycles. The van der Waals surface area contributed by atoms with Gasteiger partial charge in [0, 0.05) is 10.4 Å². The molecule has 3 rings (SSSR count). The summed E-state index contributed by atoms with van der Waals surface area (Å²) >= 11 is 1.51. The summed E-state index contributed by atoms with van der Waals surface area (Å²) in [7, 11) is 1.39. The summed E-state index contributed by atoms with van der Waals surface area (Å²) in [6, 6.07) is 7.12. The lowest BCUT2D eigenvalue weighted by Crippen LogP contribution is -2.26. The second-order valence-corrected chi connectivity index (χ2v) is 11.1. The maximum atomic E-state index is 12.9. The Morgan fingerprint density at radius 2 is 1.88 bits per heavy atom. The first-order chi connectivity index (χ1) is 15.1. The van der Waals surface area contributed by atoms with E-state index >= 15 is 0 Å². The normalized spacial score (nSPS) is 15.9. The minimum Gasteiger partial charge on any atom is -0.494 e. The van der Waals surface area contributed by atoms with E-state index in [0.717, 1.165) is 37.0 Å². The fourth-order valence-electron chi connectivity index (χ4n) is 4.02. The highest BCUT2D eigenvalue weighted by Crippen LogP contribution is 2.44. The van der Waals surface area contributed by atoms with Gasteiger partial charge in [-0.25, -0.2) is 4.79 Å². The zero-order chi connectivity index (χ0) is 23.5. The van der Waals surface area contributed by atoms with Crippen LogP contribution in [0.3, 0.4) is 0 Å². The van der Waals surface area contributed by atoms with Gasteiger partial charge in [0.25, 0.3) is 5.91 Å². The van der Waals surface area contributed by atoms with E-state index in [1.165, 1.54) is 23.3 Å². The number of thiophene rings is 1.